The van der Waals surface area contributed by atoms with Gasteiger partial charge in [-0.1, -0.05) is 56.0 Å². The predicted molar refractivity (Wildman–Crippen MR) is 119 cm³/mol. The summed E-state index contributed by atoms with van der Waals surface area (Å²) < 4.78 is 0. The van der Waals surface area contributed by atoms with Crippen LogP contribution in [0, 0.1) is 0 Å². The molecular weight excluding hydrogens is 394 g/mol. The number of thiophene rings is 1. The van der Waals surface area contributed by atoms with Crippen LogP contribution in [0.1, 0.15) is 60.6 Å². The van der Waals surface area contributed by atoms with E-state index in [1.54, 1.807) is 11.3 Å². The topological polar surface area (TPSA) is 62.6 Å². The molecule has 2 aliphatic rings. The van der Waals surface area contributed by atoms with Crippen molar-refractivity contribution in [2.24, 2.45) is 0 Å². The number of rotatable bonds is 5. The Morgan fingerprint density at radius 2 is 1.77 bits per heavy atom. The van der Waals surface area contributed by atoms with Crippen LogP contribution in [0.25, 0.3) is 0 Å². The molecule has 3 N–H and O–H groups in total. The second kappa shape index (κ2) is 10.2. The van der Waals surface area contributed by atoms with Crippen LogP contribution < -0.4 is 15.5 Å². The summed E-state index contributed by atoms with van der Waals surface area (Å²) in [4.78, 5) is 27.7. The highest BCUT2D eigenvalue weighted by Gasteiger charge is 2.30. The molecule has 1 saturated carbocycles. The Kier molecular flexibility index (Phi) is 7.18. The first kappa shape index (κ1) is 21.1. The lowest BCUT2D eigenvalue weighted by molar-refractivity contribution is -0.945. The molecule has 5 nitrogen and oxygen atoms in total. The summed E-state index contributed by atoms with van der Waals surface area (Å²) in [6.45, 7) is 2.46. The lowest BCUT2D eigenvalue weighted by Gasteiger charge is -2.32. The minimum Gasteiger partial charge on any atom is -0.345 e. The number of amides is 2. The van der Waals surface area contributed by atoms with E-state index in [0.717, 1.165) is 45.2 Å². The summed E-state index contributed by atoms with van der Waals surface area (Å²) in [5, 5.41) is 7.97. The van der Waals surface area contributed by atoms with Crippen molar-refractivity contribution in [1.29, 1.82) is 0 Å². The van der Waals surface area contributed by atoms with Gasteiger partial charge in [-0.3, -0.25) is 9.59 Å². The molecule has 2 amide bonds. The first-order chi connectivity index (χ1) is 14.7. The van der Waals surface area contributed by atoms with Crippen molar-refractivity contribution in [3.63, 3.8) is 0 Å². The van der Waals surface area contributed by atoms with Gasteiger partial charge in [0.05, 0.1) is 18.0 Å². The van der Waals surface area contributed by atoms with Crippen LogP contribution in [0.2, 0.25) is 0 Å². The quantitative estimate of drug-likeness (QED) is 0.508. The number of hydrogen-bond acceptors (Lipinski definition) is 3. The first-order valence-corrected chi connectivity index (χ1v) is 12.1. The Hall–Kier alpha value is -2.18. The minimum absolute atomic E-state index is 0.142. The van der Waals surface area contributed by atoms with Gasteiger partial charge in [-0.25, -0.2) is 0 Å². The molecule has 2 atom stereocenters. The fraction of sp³-hybridized carbons (Fsp3) is 0.500. The Balaban J connectivity index is 1.37. The third-order valence-corrected chi connectivity index (χ3v) is 7.48. The highest BCUT2D eigenvalue weighted by molar-refractivity contribution is 7.10. The van der Waals surface area contributed by atoms with E-state index in [-0.39, 0.29) is 12.1 Å². The van der Waals surface area contributed by atoms with E-state index in [2.05, 4.69) is 52.4 Å². The van der Waals surface area contributed by atoms with E-state index in [4.69, 9.17) is 0 Å². The molecular formula is C24H32N3O2S+. The Morgan fingerprint density at radius 1 is 1.00 bits per heavy atom. The SMILES string of the molecule is O=C(NC[C@@H](c1cccs1)[NH+]1CCc2ccccc2C1)C(=O)NC1CCCCCC1. The summed E-state index contributed by atoms with van der Waals surface area (Å²) in [5.74, 6) is -0.983. The Labute approximate surface area is 182 Å². The average molecular weight is 427 g/mol. The number of quaternary nitrogens is 1. The molecule has 2 aromatic rings. The number of carbonyl (C=O) groups excluding carboxylic acids is 2. The van der Waals surface area contributed by atoms with Crippen molar-refractivity contribution < 1.29 is 14.5 Å². The third kappa shape index (κ3) is 5.29. The maximum atomic E-state index is 12.5. The highest BCUT2D eigenvalue weighted by atomic mass is 32.1. The van der Waals surface area contributed by atoms with Crippen LogP contribution in [0.5, 0.6) is 0 Å². The molecule has 0 saturated heterocycles. The van der Waals surface area contributed by atoms with Gasteiger partial charge in [0.1, 0.15) is 12.6 Å². The zero-order valence-electron chi connectivity index (χ0n) is 17.5. The van der Waals surface area contributed by atoms with Crippen LogP contribution in [0.15, 0.2) is 41.8 Å². The van der Waals surface area contributed by atoms with E-state index in [1.807, 2.05) is 0 Å². The summed E-state index contributed by atoms with van der Waals surface area (Å²) in [7, 11) is 0. The molecule has 1 unspecified atom stereocenters. The van der Waals surface area contributed by atoms with Crippen LogP contribution in [-0.4, -0.2) is 30.9 Å². The zero-order valence-corrected chi connectivity index (χ0v) is 18.3. The van der Waals surface area contributed by atoms with E-state index in [9.17, 15) is 9.59 Å². The van der Waals surface area contributed by atoms with Crippen molar-refractivity contribution in [1.82, 2.24) is 10.6 Å². The van der Waals surface area contributed by atoms with Crippen molar-refractivity contribution >= 4 is 23.2 Å². The molecule has 30 heavy (non-hydrogen) atoms. The molecule has 1 aliphatic heterocycles. The summed E-state index contributed by atoms with van der Waals surface area (Å²) in [5.41, 5.74) is 2.82. The third-order valence-electron chi connectivity index (χ3n) is 6.49. The standard InChI is InChI=1S/C24H31N3O2S/c28-23(24(29)26-20-10-3-1-2-4-11-20)25-16-21(22-12-7-15-30-22)27-14-13-18-8-5-6-9-19(18)17-27/h5-9,12,15,20-21H,1-4,10-11,13-14,16-17H2,(H,25,28)(H,26,29)/p+1/t21-/m0/s1. The van der Waals surface area contributed by atoms with Crippen LogP contribution in [0.4, 0.5) is 0 Å². The fourth-order valence-electron chi connectivity index (χ4n) is 4.78. The van der Waals surface area contributed by atoms with Gasteiger partial charge in [0.2, 0.25) is 0 Å². The number of nitrogens with one attached hydrogen (secondary N) is 3. The summed E-state index contributed by atoms with van der Waals surface area (Å²) >= 11 is 1.72. The number of carbonyl (C=O) groups is 2. The van der Waals surface area contributed by atoms with E-state index >= 15 is 0 Å². The molecule has 1 aromatic heterocycles. The van der Waals surface area contributed by atoms with Gasteiger partial charge in [0.25, 0.3) is 0 Å². The second-order valence-corrected chi connectivity index (χ2v) is 9.52. The molecule has 160 valence electrons. The molecule has 6 heteroatoms. The molecule has 1 aromatic carbocycles. The number of hydrogen-bond donors (Lipinski definition) is 3. The van der Waals surface area contributed by atoms with Crippen LogP contribution in [-0.2, 0) is 22.6 Å². The largest absolute Gasteiger partial charge is 0.345 e. The Morgan fingerprint density at radius 3 is 2.50 bits per heavy atom. The maximum Gasteiger partial charge on any atom is 0.309 e. The van der Waals surface area contributed by atoms with Gasteiger partial charge in [0.15, 0.2) is 0 Å². The lowest BCUT2D eigenvalue weighted by Crippen LogP contribution is -3.12. The molecule has 1 fully saturated rings. The molecule has 2 heterocycles. The molecule has 0 spiro atoms. The van der Waals surface area contributed by atoms with Gasteiger partial charge in [-0.2, -0.15) is 0 Å². The maximum absolute atomic E-state index is 12.5. The van der Waals surface area contributed by atoms with E-state index in [0.29, 0.717) is 6.54 Å². The lowest BCUT2D eigenvalue weighted by atomic mass is 9.98. The van der Waals surface area contributed by atoms with Crippen molar-refractivity contribution in [2.45, 2.75) is 63.6 Å². The van der Waals surface area contributed by atoms with Crippen molar-refractivity contribution in [3.8, 4) is 0 Å². The van der Waals surface area contributed by atoms with Gasteiger partial charge < -0.3 is 15.5 Å². The van der Waals surface area contributed by atoms with Crippen LogP contribution in [0.3, 0.4) is 0 Å². The number of benzene rings is 1. The normalized spacial score (nSPS) is 20.6. The smallest absolute Gasteiger partial charge is 0.309 e. The molecule has 0 radical (unpaired) electrons. The predicted octanol–water partition coefficient (Wildman–Crippen LogP) is 2.39. The zero-order chi connectivity index (χ0) is 20.8. The van der Waals surface area contributed by atoms with Gasteiger partial charge in [0, 0.05) is 18.0 Å². The van der Waals surface area contributed by atoms with Gasteiger partial charge in [-0.05, 0) is 29.9 Å². The van der Waals surface area contributed by atoms with Crippen LogP contribution >= 0.6 is 11.3 Å². The summed E-state index contributed by atoms with van der Waals surface area (Å²) in [6, 6.07) is 13.1. The summed E-state index contributed by atoms with van der Waals surface area (Å²) in [6.07, 6.45) is 7.72. The number of fused-ring (bicyclic) bond motifs is 1. The van der Waals surface area contributed by atoms with E-state index in [1.165, 1.54) is 33.7 Å². The Bertz CT molecular complexity index is 844. The second-order valence-electron chi connectivity index (χ2n) is 8.54. The van der Waals surface area contributed by atoms with Gasteiger partial charge >= 0.3 is 11.8 Å². The molecule has 1 aliphatic carbocycles. The highest BCUT2D eigenvalue weighted by Crippen LogP contribution is 2.19. The fourth-order valence-corrected chi connectivity index (χ4v) is 5.67. The van der Waals surface area contributed by atoms with Crippen molar-refractivity contribution in [3.05, 3.63) is 57.8 Å². The average Bonchev–Trinajstić information content (AvgIpc) is 3.18. The first-order valence-electron chi connectivity index (χ1n) is 11.2. The monoisotopic (exact) mass is 426 g/mol. The molecule has 0 bridgehead atoms. The minimum atomic E-state index is -0.502. The van der Waals surface area contributed by atoms with Crippen molar-refractivity contribution in [2.75, 3.05) is 13.1 Å². The van der Waals surface area contributed by atoms with Gasteiger partial charge in [-0.15, -0.1) is 11.3 Å². The van der Waals surface area contributed by atoms with E-state index < -0.39 is 11.8 Å². The molecule has 4 rings (SSSR count).